The van der Waals surface area contributed by atoms with E-state index in [-0.39, 0.29) is 5.41 Å². The summed E-state index contributed by atoms with van der Waals surface area (Å²) in [5, 5.41) is 15.2. The zero-order valence-electron chi connectivity index (χ0n) is 23.8. The van der Waals surface area contributed by atoms with Gasteiger partial charge in [0.25, 0.3) is 0 Å². The Morgan fingerprint density at radius 3 is 2.16 bits per heavy atom. The molecule has 2 heterocycles. The first-order chi connectivity index (χ1) is 18.3. The molecule has 0 amide bonds. The van der Waals surface area contributed by atoms with Gasteiger partial charge in [0.15, 0.2) is 11.5 Å². The Hall–Kier alpha value is -3.61. The summed E-state index contributed by atoms with van der Waals surface area (Å²) in [6.07, 6.45) is 6.40. The van der Waals surface area contributed by atoms with E-state index in [2.05, 4.69) is 69.9 Å². The second-order valence-electron chi connectivity index (χ2n) is 10.7. The minimum Gasteiger partial charge on any atom is -0.496 e. The molecule has 7 nitrogen and oxygen atoms in total. The molecule has 7 heteroatoms. The number of nitrogens with zero attached hydrogens (tertiary/aromatic N) is 4. The lowest BCUT2D eigenvalue weighted by atomic mass is 9.90. The van der Waals surface area contributed by atoms with E-state index in [0.29, 0.717) is 23.8 Å². The molecule has 38 heavy (non-hydrogen) atoms. The van der Waals surface area contributed by atoms with E-state index in [9.17, 15) is 0 Å². The molecule has 0 unspecified atom stereocenters. The van der Waals surface area contributed by atoms with Gasteiger partial charge in [-0.3, -0.25) is 0 Å². The Balaban J connectivity index is 1.82. The summed E-state index contributed by atoms with van der Waals surface area (Å²) in [5.41, 5.74) is 4.50. The van der Waals surface area contributed by atoms with Gasteiger partial charge in [-0.25, -0.2) is 0 Å². The van der Waals surface area contributed by atoms with Crippen molar-refractivity contribution < 1.29 is 14.2 Å². The van der Waals surface area contributed by atoms with E-state index >= 15 is 0 Å². The molecule has 4 rings (SSSR count). The second-order valence-corrected chi connectivity index (χ2v) is 10.7. The summed E-state index contributed by atoms with van der Waals surface area (Å²) in [4.78, 5) is 0. The fourth-order valence-corrected chi connectivity index (χ4v) is 4.33. The van der Waals surface area contributed by atoms with E-state index in [0.717, 1.165) is 71.4 Å². The lowest BCUT2D eigenvalue weighted by molar-refractivity contribution is 0.309. The van der Waals surface area contributed by atoms with Gasteiger partial charge in [-0.1, -0.05) is 53.5 Å². The number of ether oxygens (including phenoxy) is 3. The fourth-order valence-electron chi connectivity index (χ4n) is 4.33. The van der Waals surface area contributed by atoms with Crippen LogP contribution in [-0.4, -0.2) is 40.1 Å². The van der Waals surface area contributed by atoms with Gasteiger partial charge in [-0.15, -0.1) is 10.2 Å². The molecule has 0 fully saturated rings. The van der Waals surface area contributed by atoms with Crippen molar-refractivity contribution in [2.24, 2.45) is 0 Å². The van der Waals surface area contributed by atoms with Gasteiger partial charge in [0.2, 0.25) is 0 Å². The van der Waals surface area contributed by atoms with Crippen LogP contribution in [0.25, 0.3) is 23.1 Å². The van der Waals surface area contributed by atoms with Crippen LogP contribution >= 0.6 is 0 Å². The Kier molecular flexibility index (Phi) is 8.55. The highest BCUT2D eigenvalue weighted by Gasteiger charge is 2.25. The number of hydrogen-bond acceptors (Lipinski definition) is 6. The summed E-state index contributed by atoms with van der Waals surface area (Å²) in [7, 11) is 1.66. The molecule has 0 bridgehead atoms. The van der Waals surface area contributed by atoms with Gasteiger partial charge in [-0.05, 0) is 67.3 Å². The zero-order chi connectivity index (χ0) is 27.3. The first kappa shape index (κ1) is 27.4. The Bertz CT molecular complexity index is 1440. The van der Waals surface area contributed by atoms with Crippen LogP contribution in [0.5, 0.6) is 17.2 Å². The molecular formula is C31H40N4O3. The SMILES string of the molecule is CCCCOc1ccc(C=c2c(C(C)(C)C)nn3c(-c4cc(OCCCC)ccc4OC)nnc23)c(C)c1. The smallest absolute Gasteiger partial charge is 0.189 e. The van der Waals surface area contributed by atoms with Crippen molar-refractivity contribution in [1.29, 1.82) is 0 Å². The fraction of sp³-hybridized carbons (Fsp3) is 0.452. The number of aromatic nitrogens is 4. The summed E-state index contributed by atoms with van der Waals surface area (Å²) in [5.74, 6) is 2.99. The van der Waals surface area contributed by atoms with Crippen molar-refractivity contribution in [3.63, 3.8) is 0 Å². The van der Waals surface area contributed by atoms with Crippen molar-refractivity contribution in [2.75, 3.05) is 20.3 Å². The third kappa shape index (κ3) is 5.93. The van der Waals surface area contributed by atoms with Crippen LogP contribution in [0, 0.1) is 6.92 Å². The number of aryl methyl sites for hydroxylation is 1. The van der Waals surface area contributed by atoms with Gasteiger partial charge >= 0.3 is 0 Å². The first-order valence-corrected chi connectivity index (χ1v) is 13.6. The van der Waals surface area contributed by atoms with Crippen molar-refractivity contribution in [1.82, 2.24) is 19.8 Å². The third-order valence-electron chi connectivity index (χ3n) is 6.53. The predicted octanol–water partition coefficient (Wildman–Crippen LogP) is 6.31. The van der Waals surface area contributed by atoms with E-state index in [1.807, 2.05) is 28.8 Å². The highest BCUT2D eigenvalue weighted by molar-refractivity contribution is 5.70. The molecule has 2 aromatic carbocycles. The number of methoxy groups -OCH3 is 1. The molecule has 0 atom stereocenters. The average Bonchev–Trinajstić information content (AvgIpc) is 3.46. The summed E-state index contributed by atoms with van der Waals surface area (Å²) in [6.45, 7) is 14.3. The van der Waals surface area contributed by atoms with Crippen LogP contribution < -0.4 is 19.4 Å². The highest BCUT2D eigenvalue weighted by Crippen LogP contribution is 2.33. The van der Waals surface area contributed by atoms with Crippen LogP contribution in [-0.2, 0) is 5.41 Å². The monoisotopic (exact) mass is 516 g/mol. The largest absolute Gasteiger partial charge is 0.496 e. The van der Waals surface area contributed by atoms with Crippen molar-refractivity contribution in [3.8, 4) is 28.6 Å². The maximum absolute atomic E-state index is 5.96. The Morgan fingerprint density at radius 2 is 1.55 bits per heavy atom. The number of fused-ring (bicyclic) bond motifs is 1. The Morgan fingerprint density at radius 1 is 0.895 bits per heavy atom. The van der Waals surface area contributed by atoms with Gasteiger partial charge in [-0.2, -0.15) is 9.61 Å². The molecule has 0 aliphatic heterocycles. The molecule has 0 saturated heterocycles. The predicted molar refractivity (Wildman–Crippen MR) is 152 cm³/mol. The number of hydrogen-bond donors (Lipinski definition) is 0. The van der Waals surface area contributed by atoms with Crippen LogP contribution in [0.1, 0.15) is 77.1 Å². The van der Waals surface area contributed by atoms with Crippen LogP contribution in [0.3, 0.4) is 0 Å². The van der Waals surface area contributed by atoms with E-state index in [1.165, 1.54) is 0 Å². The van der Waals surface area contributed by atoms with Crippen molar-refractivity contribution in [2.45, 2.75) is 72.6 Å². The lowest BCUT2D eigenvalue weighted by Gasteiger charge is -2.15. The molecule has 0 aliphatic carbocycles. The summed E-state index contributed by atoms with van der Waals surface area (Å²) < 4.78 is 19.4. The maximum Gasteiger partial charge on any atom is 0.189 e. The van der Waals surface area contributed by atoms with Crippen molar-refractivity contribution >= 4 is 11.7 Å². The normalized spacial score (nSPS) is 12.3. The first-order valence-electron chi connectivity index (χ1n) is 13.6. The summed E-state index contributed by atoms with van der Waals surface area (Å²) in [6, 6.07) is 12.0. The average molecular weight is 517 g/mol. The molecule has 4 aromatic rings. The second kappa shape index (κ2) is 11.8. The Labute approximate surface area is 225 Å². The van der Waals surface area contributed by atoms with Crippen LogP contribution in [0.15, 0.2) is 36.4 Å². The molecule has 202 valence electrons. The van der Waals surface area contributed by atoms with E-state index < -0.39 is 0 Å². The topological polar surface area (TPSA) is 70.8 Å². The summed E-state index contributed by atoms with van der Waals surface area (Å²) >= 11 is 0. The zero-order valence-corrected chi connectivity index (χ0v) is 23.8. The van der Waals surface area contributed by atoms with Crippen molar-refractivity contribution in [3.05, 3.63) is 58.4 Å². The molecule has 0 radical (unpaired) electrons. The molecule has 0 saturated carbocycles. The quantitative estimate of drug-likeness (QED) is 0.218. The molecule has 0 aliphatic rings. The third-order valence-corrected chi connectivity index (χ3v) is 6.53. The van der Waals surface area contributed by atoms with Gasteiger partial charge in [0.1, 0.15) is 17.2 Å². The lowest BCUT2D eigenvalue weighted by Crippen LogP contribution is -2.22. The maximum atomic E-state index is 5.96. The number of rotatable bonds is 11. The van der Waals surface area contributed by atoms with E-state index in [4.69, 9.17) is 19.3 Å². The van der Waals surface area contributed by atoms with Gasteiger partial charge in [0, 0.05) is 10.6 Å². The van der Waals surface area contributed by atoms with Crippen LogP contribution in [0.4, 0.5) is 0 Å². The minimum atomic E-state index is -0.198. The number of benzene rings is 2. The standard InChI is InChI=1S/C31H40N4O3/c1-8-10-16-37-23-13-12-22(21(3)18-23)19-26-28(31(4,5)6)34-35-29(32-33-30(26)35)25-20-24(38-17-11-9-2)14-15-27(25)36-7/h12-15,18-20H,8-11,16-17H2,1-7H3. The highest BCUT2D eigenvalue weighted by atomic mass is 16.5. The van der Waals surface area contributed by atoms with Gasteiger partial charge < -0.3 is 14.2 Å². The molecule has 0 spiro atoms. The molecule has 2 aromatic heterocycles. The molecule has 0 N–H and O–H groups in total. The molecular weight excluding hydrogens is 476 g/mol. The minimum absolute atomic E-state index is 0.198. The van der Waals surface area contributed by atoms with E-state index in [1.54, 1.807) is 7.11 Å². The number of unbranched alkanes of at least 4 members (excludes halogenated alkanes) is 2. The van der Waals surface area contributed by atoms with Crippen LogP contribution in [0.2, 0.25) is 0 Å². The van der Waals surface area contributed by atoms with Gasteiger partial charge in [0.05, 0.1) is 31.6 Å².